The topological polar surface area (TPSA) is 49.3 Å². The molecule has 18 heavy (non-hydrogen) atoms. The summed E-state index contributed by atoms with van der Waals surface area (Å²) >= 11 is 1.40. The summed E-state index contributed by atoms with van der Waals surface area (Å²) in [6.45, 7) is 6.82. The number of thiophene rings is 1. The van der Waals surface area contributed by atoms with Gasteiger partial charge in [-0.2, -0.15) is 0 Å². The number of amides is 1. The van der Waals surface area contributed by atoms with E-state index in [-0.39, 0.29) is 12.5 Å². The average molecular weight is 265 g/mol. The summed E-state index contributed by atoms with van der Waals surface area (Å²) in [5, 5.41) is 11.6. The van der Waals surface area contributed by atoms with Crippen molar-refractivity contribution in [1.29, 1.82) is 0 Å². The normalized spacial score (nSPS) is 10.1. The molecule has 0 fully saturated rings. The number of aliphatic hydroxyl groups is 1. The molecule has 0 radical (unpaired) electrons. The number of rotatable bonds is 4. The fourth-order valence-corrected chi connectivity index (χ4v) is 2.26. The first-order valence-electron chi connectivity index (χ1n) is 6.03. The molecule has 1 rings (SSSR count). The second kappa shape index (κ2) is 7.20. The van der Waals surface area contributed by atoms with E-state index in [1.165, 1.54) is 11.3 Å². The van der Waals surface area contributed by atoms with E-state index in [2.05, 4.69) is 31.0 Å². The Kier molecular flexibility index (Phi) is 5.90. The summed E-state index contributed by atoms with van der Waals surface area (Å²) in [4.78, 5) is 13.5. The van der Waals surface area contributed by atoms with E-state index in [4.69, 9.17) is 5.11 Å². The van der Waals surface area contributed by atoms with Crippen LogP contribution >= 0.6 is 11.3 Å². The highest BCUT2D eigenvalue weighted by molar-refractivity contribution is 7.14. The molecule has 1 aromatic rings. The van der Waals surface area contributed by atoms with Crippen molar-refractivity contribution in [3.63, 3.8) is 0 Å². The number of carbonyl (C=O) groups is 1. The molecule has 1 heterocycles. The van der Waals surface area contributed by atoms with Crippen LogP contribution in [0.5, 0.6) is 0 Å². The van der Waals surface area contributed by atoms with Gasteiger partial charge in [0.05, 0.1) is 16.4 Å². The fraction of sp³-hybridized carbons (Fsp3) is 0.500. The van der Waals surface area contributed by atoms with Crippen LogP contribution < -0.4 is 5.32 Å². The maximum absolute atomic E-state index is 11.9. The summed E-state index contributed by atoms with van der Waals surface area (Å²) < 4.78 is 0. The Balaban J connectivity index is 2.72. The van der Waals surface area contributed by atoms with Crippen molar-refractivity contribution in [3.8, 4) is 11.8 Å². The molecule has 0 aromatic carbocycles. The first-order valence-corrected chi connectivity index (χ1v) is 6.84. The third-order valence-electron chi connectivity index (χ3n) is 2.25. The molecule has 0 unspecified atom stereocenters. The van der Waals surface area contributed by atoms with E-state index in [0.29, 0.717) is 23.8 Å². The van der Waals surface area contributed by atoms with E-state index in [9.17, 15) is 4.79 Å². The van der Waals surface area contributed by atoms with Crippen LogP contribution in [0, 0.1) is 24.7 Å². The SMILES string of the molecule is Cc1cc(C(=O)NCC(C)C)sc1C#CCCO. The Morgan fingerprint density at radius 1 is 1.56 bits per heavy atom. The maximum atomic E-state index is 11.9. The molecule has 0 bridgehead atoms. The Hall–Kier alpha value is -1.31. The first-order chi connectivity index (χ1) is 8.54. The van der Waals surface area contributed by atoms with Crippen LogP contribution in [-0.2, 0) is 0 Å². The van der Waals surface area contributed by atoms with Gasteiger partial charge in [0.2, 0.25) is 0 Å². The van der Waals surface area contributed by atoms with E-state index >= 15 is 0 Å². The third kappa shape index (κ3) is 4.52. The minimum atomic E-state index is -0.0352. The highest BCUT2D eigenvalue weighted by atomic mass is 32.1. The summed E-state index contributed by atoms with van der Waals surface area (Å²) in [6, 6.07) is 1.86. The monoisotopic (exact) mass is 265 g/mol. The highest BCUT2D eigenvalue weighted by Gasteiger charge is 2.11. The van der Waals surface area contributed by atoms with Gasteiger partial charge in [-0.25, -0.2) is 0 Å². The molecule has 98 valence electrons. The summed E-state index contributed by atoms with van der Waals surface area (Å²) in [7, 11) is 0. The van der Waals surface area contributed by atoms with Gasteiger partial charge in [-0.15, -0.1) is 11.3 Å². The van der Waals surface area contributed by atoms with Crippen LogP contribution in [0.3, 0.4) is 0 Å². The predicted molar refractivity (Wildman–Crippen MR) is 74.8 cm³/mol. The van der Waals surface area contributed by atoms with Crippen LogP contribution in [0.25, 0.3) is 0 Å². The number of aliphatic hydroxyl groups excluding tert-OH is 1. The van der Waals surface area contributed by atoms with E-state index in [1.54, 1.807) is 0 Å². The first kappa shape index (κ1) is 14.7. The molecule has 3 nitrogen and oxygen atoms in total. The van der Waals surface area contributed by atoms with Gasteiger partial charge < -0.3 is 10.4 Å². The Morgan fingerprint density at radius 3 is 2.89 bits per heavy atom. The van der Waals surface area contributed by atoms with Crippen LogP contribution in [0.1, 0.15) is 40.4 Å². The van der Waals surface area contributed by atoms with Gasteiger partial charge in [-0.3, -0.25) is 4.79 Å². The van der Waals surface area contributed by atoms with Crippen molar-refractivity contribution in [2.45, 2.75) is 27.2 Å². The Labute approximate surface area is 112 Å². The van der Waals surface area contributed by atoms with Gasteiger partial charge in [0.25, 0.3) is 5.91 Å². The van der Waals surface area contributed by atoms with Crippen molar-refractivity contribution < 1.29 is 9.90 Å². The van der Waals surface area contributed by atoms with Crippen molar-refractivity contribution in [2.24, 2.45) is 5.92 Å². The van der Waals surface area contributed by atoms with E-state index in [0.717, 1.165) is 10.4 Å². The van der Waals surface area contributed by atoms with Crippen LogP contribution in [-0.4, -0.2) is 24.2 Å². The van der Waals surface area contributed by atoms with E-state index in [1.807, 2.05) is 13.0 Å². The molecular weight excluding hydrogens is 246 g/mol. The lowest BCUT2D eigenvalue weighted by atomic mass is 10.2. The van der Waals surface area contributed by atoms with E-state index < -0.39 is 0 Å². The largest absolute Gasteiger partial charge is 0.395 e. The summed E-state index contributed by atoms with van der Waals surface area (Å²) in [6.07, 6.45) is 0.465. The number of nitrogens with one attached hydrogen (secondary N) is 1. The Bertz CT molecular complexity index is 466. The average Bonchev–Trinajstić information content (AvgIpc) is 2.68. The zero-order chi connectivity index (χ0) is 13.5. The van der Waals surface area contributed by atoms with Gasteiger partial charge in [-0.1, -0.05) is 25.7 Å². The number of aryl methyl sites for hydroxylation is 1. The molecule has 0 aliphatic heterocycles. The number of carbonyl (C=O) groups excluding carboxylic acids is 1. The van der Waals surface area contributed by atoms with Gasteiger partial charge in [0.15, 0.2) is 0 Å². The lowest BCUT2D eigenvalue weighted by molar-refractivity contribution is 0.0953. The summed E-state index contributed by atoms with van der Waals surface area (Å²) in [5.74, 6) is 6.26. The molecule has 2 N–H and O–H groups in total. The van der Waals surface area contributed by atoms with Gasteiger partial charge in [-0.05, 0) is 24.5 Å². The molecule has 4 heteroatoms. The smallest absolute Gasteiger partial charge is 0.261 e. The summed E-state index contributed by atoms with van der Waals surface area (Å²) in [5.41, 5.74) is 1.01. The molecule has 1 amide bonds. The molecule has 0 saturated carbocycles. The molecule has 0 atom stereocenters. The maximum Gasteiger partial charge on any atom is 0.261 e. The third-order valence-corrected chi connectivity index (χ3v) is 3.40. The minimum absolute atomic E-state index is 0.0352. The lowest BCUT2D eigenvalue weighted by Crippen LogP contribution is -2.26. The number of hydrogen-bond acceptors (Lipinski definition) is 3. The highest BCUT2D eigenvalue weighted by Crippen LogP contribution is 2.20. The molecule has 0 aliphatic rings. The van der Waals surface area contributed by atoms with Crippen LogP contribution in [0.4, 0.5) is 0 Å². The van der Waals surface area contributed by atoms with Crippen molar-refractivity contribution in [3.05, 3.63) is 21.4 Å². The zero-order valence-electron chi connectivity index (χ0n) is 11.0. The lowest BCUT2D eigenvalue weighted by Gasteiger charge is -2.05. The van der Waals surface area contributed by atoms with Crippen LogP contribution in [0.15, 0.2) is 6.07 Å². The van der Waals surface area contributed by atoms with Crippen molar-refractivity contribution >= 4 is 17.2 Å². The standard InChI is InChI=1S/C14H19NO2S/c1-10(2)9-15-14(17)13-8-11(3)12(18-13)6-4-5-7-16/h8,10,16H,5,7,9H2,1-3H3,(H,15,17). The van der Waals surface area contributed by atoms with Crippen LogP contribution in [0.2, 0.25) is 0 Å². The Morgan fingerprint density at radius 2 is 2.28 bits per heavy atom. The molecular formula is C14H19NO2S. The molecule has 1 aromatic heterocycles. The number of hydrogen-bond donors (Lipinski definition) is 2. The minimum Gasteiger partial charge on any atom is -0.395 e. The van der Waals surface area contributed by atoms with Crippen molar-refractivity contribution in [2.75, 3.05) is 13.2 Å². The second-order valence-electron chi connectivity index (χ2n) is 4.50. The molecule has 0 aliphatic carbocycles. The zero-order valence-corrected chi connectivity index (χ0v) is 11.9. The van der Waals surface area contributed by atoms with Gasteiger partial charge >= 0.3 is 0 Å². The fourth-order valence-electron chi connectivity index (χ4n) is 1.30. The quantitative estimate of drug-likeness (QED) is 0.820. The predicted octanol–water partition coefficient (Wildman–Crippen LogP) is 2.18. The van der Waals surface area contributed by atoms with Crippen molar-refractivity contribution in [1.82, 2.24) is 5.32 Å². The van der Waals surface area contributed by atoms with Gasteiger partial charge in [0.1, 0.15) is 0 Å². The van der Waals surface area contributed by atoms with Gasteiger partial charge in [0, 0.05) is 13.0 Å². The molecule has 0 saturated heterocycles. The molecule has 0 spiro atoms. The second-order valence-corrected chi connectivity index (χ2v) is 5.55.